The minimum absolute atomic E-state index is 0. The van der Waals surface area contributed by atoms with Crippen LogP contribution < -0.4 is 11.1 Å². The van der Waals surface area contributed by atoms with Crippen molar-refractivity contribution in [1.82, 2.24) is 29.4 Å². The van der Waals surface area contributed by atoms with Gasteiger partial charge in [0.05, 0.1) is 6.54 Å². The van der Waals surface area contributed by atoms with E-state index in [1.807, 2.05) is 0 Å². The molecular weight excluding hydrogens is 390 g/mol. The Morgan fingerprint density at radius 2 is 1.96 bits per heavy atom. The van der Waals surface area contributed by atoms with Gasteiger partial charge in [-0.2, -0.15) is 4.31 Å². The van der Waals surface area contributed by atoms with Crippen LogP contribution in [0.4, 0.5) is 5.82 Å². The smallest absolute Gasteiger partial charge is 0.246 e. The maximum atomic E-state index is 13.0. The number of rotatable bonds is 3. The van der Waals surface area contributed by atoms with Gasteiger partial charge in [-0.3, -0.25) is 0 Å². The third kappa shape index (κ3) is 3.66. The molecule has 0 aromatic carbocycles. The molecule has 4 heterocycles. The second kappa shape index (κ2) is 7.70. The number of aromatic nitrogens is 4. The molecule has 2 aliphatic heterocycles. The van der Waals surface area contributed by atoms with E-state index in [9.17, 15) is 8.42 Å². The van der Waals surface area contributed by atoms with Crippen LogP contribution in [0.5, 0.6) is 0 Å². The molecule has 3 N–H and O–H groups in total. The van der Waals surface area contributed by atoms with Gasteiger partial charge in [0.15, 0.2) is 0 Å². The summed E-state index contributed by atoms with van der Waals surface area (Å²) in [4.78, 5) is 4.09. The van der Waals surface area contributed by atoms with E-state index >= 15 is 0 Å². The fourth-order valence-electron chi connectivity index (χ4n) is 3.67. The van der Waals surface area contributed by atoms with Crippen molar-refractivity contribution in [2.45, 2.75) is 43.7 Å². The number of piperidine rings is 1. The van der Waals surface area contributed by atoms with Gasteiger partial charge in [-0.25, -0.2) is 13.4 Å². The number of aryl methyl sites for hydroxylation is 1. The first-order chi connectivity index (χ1) is 12.5. The molecule has 2 aliphatic rings. The standard InChI is InChI=1S/C16H23N7O2S.ClH/c1-11-8-13(15(17)19-9-11)26(24,25)22-5-2-12(3-6-22)16-21-20-14-10-18-4-7-23(14)16;/h8-9,12,18H,2-7,10H2,1H3,(H2,17,19);1H. The molecule has 0 aliphatic carbocycles. The molecule has 1 saturated heterocycles. The quantitative estimate of drug-likeness (QED) is 0.758. The summed E-state index contributed by atoms with van der Waals surface area (Å²) in [6, 6.07) is 1.59. The van der Waals surface area contributed by atoms with E-state index in [0.717, 1.165) is 49.7 Å². The van der Waals surface area contributed by atoms with Crippen LogP contribution >= 0.6 is 12.4 Å². The maximum absolute atomic E-state index is 13.0. The van der Waals surface area contributed by atoms with Crippen LogP contribution in [-0.4, -0.2) is 52.1 Å². The molecule has 2 aromatic heterocycles. The van der Waals surface area contributed by atoms with Gasteiger partial charge in [-0.1, -0.05) is 0 Å². The van der Waals surface area contributed by atoms with Gasteiger partial charge in [0.1, 0.15) is 22.4 Å². The lowest BCUT2D eigenvalue weighted by Gasteiger charge is -2.31. The first kappa shape index (κ1) is 20.0. The van der Waals surface area contributed by atoms with Crippen molar-refractivity contribution in [1.29, 1.82) is 0 Å². The Morgan fingerprint density at radius 3 is 2.70 bits per heavy atom. The third-order valence-corrected chi connectivity index (χ3v) is 7.03. The van der Waals surface area contributed by atoms with Crippen LogP contribution in [0.2, 0.25) is 0 Å². The minimum atomic E-state index is -3.63. The van der Waals surface area contributed by atoms with Crippen molar-refractivity contribution in [2.24, 2.45) is 0 Å². The Balaban J connectivity index is 0.00000210. The number of fused-ring (bicyclic) bond motifs is 1. The van der Waals surface area contributed by atoms with Crippen LogP contribution in [0.15, 0.2) is 17.2 Å². The molecule has 2 aromatic rings. The van der Waals surface area contributed by atoms with Crippen molar-refractivity contribution in [3.63, 3.8) is 0 Å². The summed E-state index contributed by atoms with van der Waals surface area (Å²) >= 11 is 0. The average molecular weight is 414 g/mol. The zero-order valence-corrected chi connectivity index (χ0v) is 16.8. The molecule has 0 bridgehead atoms. The summed E-state index contributed by atoms with van der Waals surface area (Å²) < 4.78 is 29.6. The van der Waals surface area contributed by atoms with Gasteiger partial charge < -0.3 is 15.6 Å². The monoisotopic (exact) mass is 413 g/mol. The predicted molar refractivity (Wildman–Crippen MR) is 103 cm³/mol. The molecule has 9 nitrogen and oxygen atoms in total. The zero-order valence-electron chi connectivity index (χ0n) is 15.1. The summed E-state index contributed by atoms with van der Waals surface area (Å²) in [5, 5.41) is 11.9. The Labute approximate surface area is 164 Å². The molecular formula is C16H24ClN7O2S. The molecule has 11 heteroatoms. The zero-order chi connectivity index (χ0) is 18.3. The summed E-state index contributed by atoms with van der Waals surface area (Å²) in [6.45, 7) is 5.20. The van der Waals surface area contributed by atoms with Crippen LogP contribution in [0.1, 0.15) is 36.0 Å². The van der Waals surface area contributed by atoms with Crippen molar-refractivity contribution in [2.75, 3.05) is 25.4 Å². The fourth-order valence-corrected chi connectivity index (χ4v) is 5.29. The number of anilines is 1. The highest BCUT2D eigenvalue weighted by atomic mass is 35.5. The predicted octanol–water partition coefficient (Wildman–Crippen LogP) is 0.657. The normalized spacial score (nSPS) is 18.7. The first-order valence-corrected chi connectivity index (χ1v) is 10.3. The molecule has 1 fully saturated rings. The number of nitrogens with zero attached hydrogens (tertiary/aromatic N) is 5. The second-order valence-electron chi connectivity index (χ2n) is 6.88. The number of hydrogen-bond acceptors (Lipinski definition) is 7. The van der Waals surface area contributed by atoms with Crippen LogP contribution in [0.25, 0.3) is 0 Å². The first-order valence-electron chi connectivity index (χ1n) is 8.82. The Kier molecular flexibility index (Phi) is 5.71. The molecule has 0 amide bonds. The van der Waals surface area contributed by atoms with E-state index in [1.165, 1.54) is 4.31 Å². The molecule has 0 saturated carbocycles. The van der Waals surface area contributed by atoms with Crippen LogP contribution in [0.3, 0.4) is 0 Å². The number of sulfonamides is 1. The van der Waals surface area contributed by atoms with E-state index in [1.54, 1.807) is 19.2 Å². The van der Waals surface area contributed by atoms with Crippen LogP contribution in [-0.2, 0) is 23.1 Å². The van der Waals surface area contributed by atoms with E-state index in [0.29, 0.717) is 13.1 Å². The van der Waals surface area contributed by atoms with E-state index in [2.05, 4.69) is 25.1 Å². The Morgan fingerprint density at radius 1 is 1.22 bits per heavy atom. The third-order valence-electron chi connectivity index (χ3n) is 5.11. The number of nitrogen functional groups attached to an aromatic ring is 1. The molecule has 0 radical (unpaired) electrons. The van der Waals surface area contributed by atoms with Gasteiger partial charge in [0.25, 0.3) is 0 Å². The maximum Gasteiger partial charge on any atom is 0.246 e. The number of pyridine rings is 1. The lowest BCUT2D eigenvalue weighted by atomic mass is 9.97. The van der Waals surface area contributed by atoms with E-state index in [4.69, 9.17) is 5.73 Å². The fraction of sp³-hybridized carbons (Fsp3) is 0.562. The second-order valence-corrected chi connectivity index (χ2v) is 8.78. The highest BCUT2D eigenvalue weighted by molar-refractivity contribution is 7.89. The van der Waals surface area contributed by atoms with Crippen molar-refractivity contribution in [3.8, 4) is 0 Å². The van der Waals surface area contributed by atoms with E-state index in [-0.39, 0.29) is 29.0 Å². The largest absolute Gasteiger partial charge is 0.383 e. The van der Waals surface area contributed by atoms with Gasteiger partial charge >= 0.3 is 0 Å². The van der Waals surface area contributed by atoms with Crippen molar-refractivity contribution < 1.29 is 8.42 Å². The minimum Gasteiger partial charge on any atom is -0.383 e. The SMILES string of the molecule is Cc1cnc(N)c(S(=O)(=O)N2CCC(c3nnc4n3CCNC4)CC2)c1.Cl. The highest BCUT2D eigenvalue weighted by Gasteiger charge is 2.33. The molecule has 0 spiro atoms. The molecule has 27 heavy (non-hydrogen) atoms. The number of nitrogens with two attached hydrogens (primary N) is 1. The van der Waals surface area contributed by atoms with Gasteiger partial charge in [0, 0.05) is 38.3 Å². The lowest BCUT2D eigenvalue weighted by molar-refractivity contribution is 0.307. The van der Waals surface area contributed by atoms with Gasteiger partial charge in [-0.05, 0) is 31.4 Å². The average Bonchev–Trinajstić information content (AvgIpc) is 3.08. The summed E-state index contributed by atoms with van der Waals surface area (Å²) in [7, 11) is -3.63. The molecule has 0 atom stereocenters. The van der Waals surface area contributed by atoms with Gasteiger partial charge in [-0.15, -0.1) is 22.6 Å². The molecule has 0 unspecified atom stereocenters. The van der Waals surface area contributed by atoms with E-state index < -0.39 is 10.0 Å². The number of hydrogen-bond donors (Lipinski definition) is 2. The van der Waals surface area contributed by atoms with Gasteiger partial charge in [0.2, 0.25) is 10.0 Å². The summed E-state index contributed by atoms with van der Waals surface area (Å²) in [5.74, 6) is 2.22. The summed E-state index contributed by atoms with van der Waals surface area (Å²) in [6.07, 6.45) is 3.03. The molecule has 4 rings (SSSR count). The lowest BCUT2D eigenvalue weighted by Crippen LogP contribution is -2.39. The highest BCUT2D eigenvalue weighted by Crippen LogP contribution is 2.31. The van der Waals surface area contributed by atoms with Crippen LogP contribution in [0, 0.1) is 6.92 Å². The number of halogens is 1. The number of nitrogens with one attached hydrogen (secondary N) is 1. The Hall–Kier alpha value is -1.75. The van der Waals surface area contributed by atoms with Crippen molar-refractivity contribution in [3.05, 3.63) is 29.5 Å². The molecule has 148 valence electrons. The van der Waals surface area contributed by atoms with Crippen molar-refractivity contribution >= 4 is 28.2 Å². The topological polar surface area (TPSA) is 119 Å². The summed E-state index contributed by atoms with van der Waals surface area (Å²) in [5.41, 5.74) is 6.59. The Bertz CT molecular complexity index is 923.